The molecule has 1 saturated carbocycles. The second-order valence-electron chi connectivity index (χ2n) is 8.90. The van der Waals surface area contributed by atoms with Gasteiger partial charge >= 0.3 is 0 Å². The fourth-order valence-electron chi connectivity index (χ4n) is 5.56. The van der Waals surface area contributed by atoms with Gasteiger partial charge in [0.25, 0.3) is 5.91 Å². The van der Waals surface area contributed by atoms with E-state index >= 15 is 0 Å². The Balaban J connectivity index is 1.32. The highest BCUT2D eigenvalue weighted by atomic mass is 16.5. The highest BCUT2D eigenvalue weighted by molar-refractivity contribution is 5.99. The van der Waals surface area contributed by atoms with Crippen molar-refractivity contribution in [3.05, 3.63) is 29.5 Å². The van der Waals surface area contributed by atoms with Crippen molar-refractivity contribution in [3.63, 3.8) is 0 Å². The Morgan fingerprint density at radius 2 is 1.90 bits per heavy atom. The number of amides is 1. The Hall–Kier alpha value is -2.09. The molecule has 2 saturated heterocycles. The average molecular weight is 415 g/mol. The normalized spacial score (nSPS) is 29.9. The van der Waals surface area contributed by atoms with Gasteiger partial charge in [0.2, 0.25) is 0 Å². The van der Waals surface area contributed by atoms with Crippen LogP contribution in [-0.2, 0) is 4.74 Å². The Kier molecular flexibility index (Phi) is 5.21. The molecule has 7 heteroatoms. The number of aliphatic hydroxyl groups is 1. The standard InChI is InChI=1S/C23H30N2O5/c1-14-18-4-3-17(28-2)11-21(18)30-22(14)23(27)25-12-15-9-19(20(26)10-16(15)13-25)24-5-7-29-8-6-24/h3-4,11,15-16,19-20,26H,5-10,12-13H2,1-2H3/t15-,16+,19-,20-/m1/s1. The molecule has 3 heterocycles. The van der Waals surface area contributed by atoms with Crippen LogP contribution in [0.15, 0.2) is 22.6 Å². The van der Waals surface area contributed by atoms with E-state index in [4.69, 9.17) is 13.9 Å². The zero-order valence-corrected chi connectivity index (χ0v) is 17.7. The first kappa shape index (κ1) is 19.8. The number of carbonyl (C=O) groups excluding carboxylic acids is 1. The SMILES string of the molecule is COc1ccc2c(C)c(C(=O)N3C[C@H]4C[C@@H](N5CCOCC5)[C@H](O)C[C@H]4C3)oc2c1. The molecule has 4 atom stereocenters. The van der Waals surface area contributed by atoms with Crippen molar-refractivity contribution in [2.24, 2.45) is 11.8 Å². The summed E-state index contributed by atoms with van der Waals surface area (Å²) in [7, 11) is 1.62. The van der Waals surface area contributed by atoms with Crippen LogP contribution in [0.2, 0.25) is 0 Å². The first-order chi connectivity index (χ1) is 14.5. The van der Waals surface area contributed by atoms with E-state index < -0.39 is 0 Å². The number of benzene rings is 1. The van der Waals surface area contributed by atoms with Crippen molar-refractivity contribution in [1.82, 2.24) is 9.80 Å². The number of methoxy groups -OCH3 is 1. The van der Waals surface area contributed by atoms with Gasteiger partial charge in [0.1, 0.15) is 11.3 Å². The summed E-state index contributed by atoms with van der Waals surface area (Å²) >= 11 is 0. The van der Waals surface area contributed by atoms with Crippen LogP contribution < -0.4 is 4.74 Å². The maximum atomic E-state index is 13.3. The lowest BCUT2D eigenvalue weighted by atomic mass is 9.77. The fourth-order valence-corrected chi connectivity index (χ4v) is 5.56. The van der Waals surface area contributed by atoms with Crippen molar-refractivity contribution < 1.29 is 23.8 Å². The number of hydrogen-bond donors (Lipinski definition) is 1. The van der Waals surface area contributed by atoms with Gasteiger partial charge in [-0.15, -0.1) is 0 Å². The number of aryl methyl sites for hydroxylation is 1. The average Bonchev–Trinajstić information content (AvgIpc) is 3.33. The Labute approximate surface area is 176 Å². The van der Waals surface area contributed by atoms with E-state index in [0.717, 1.165) is 56.6 Å². The molecule has 7 nitrogen and oxygen atoms in total. The van der Waals surface area contributed by atoms with E-state index in [9.17, 15) is 9.90 Å². The minimum absolute atomic E-state index is 0.0468. The van der Waals surface area contributed by atoms with Gasteiger partial charge < -0.3 is 23.9 Å². The maximum absolute atomic E-state index is 13.3. The van der Waals surface area contributed by atoms with Gasteiger partial charge in [-0.05, 0) is 43.7 Å². The van der Waals surface area contributed by atoms with E-state index in [1.165, 1.54) is 0 Å². The van der Waals surface area contributed by atoms with Crippen molar-refractivity contribution >= 4 is 16.9 Å². The smallest absolute Gasteiger partial charge is 0.289 e. The second kappa shape index (κ2) is 7.87. The Morgan fingerprint density at radius 3 is 2.63 bits per heavy atom. The summed E-state index contributed by atoms with van der Waals surface area (Å²) in [5.41, 5.74) is 1.55. The van der Waals surface area contributed by atoms with Crippen molar-refractivity contribution in [3.8, 4) is 5.75 Å². The molecule has 0 radical (unpaired) electrons. The minimum atomic E-state index is -0.334. The molecule has 0 unspecified atom stereocenters. The topological polar surface area (TPSA) is 75.4 Å². The number of furan rings is 1. The van der Waals surface area contributed by atoms with E-state index in [2.05, 4.69) is 4.90 Å². The fraction of sp³-hybridized carbons (Fsp3) is 0.609. The van der Waals surface area contributed by atoms with Gasteiger partial charge in [0.05, 0.1) is 26.4 Å². The van der Waals surface area contributed by atoms with E-state index in [1.54, 1.807) is 7.11 Å². The Bertz CT molecular complexity index is 935. The summed E-state index contributed by atoms with van der Waals surface area (Å²) in [6.45, 7) is 6.59. The van der Waals surface area contributed by atoms with Crippen LogP contribution in [0, 0.1) is 18.8 Å². The summed E-state index contributed by atoms with van der Waals surface area (Å²) in [6.07, 6.45) is 1.36. The minimum Gasteiger partial charge on any atom is -0.497 e. The highest BCUT2D eigenvalue weighted by Gasteiger charge is 2.45. The molecule has 1 aliphatic carbocycles. The number of likely N-dealkylation sites (tertiary alicyclic amines) is 1. The molecule has 162 valence electrons. The lowest BCUT2D eigenvalue weighted by Crippen LogP contribution is -2.53. The molecule has 2 aromatic rings. The van der Waals surface area contributed by atoms with Gasteiger partial charge in [0.15, 0.2) is 5.76 Å². The van der Waals surface area contributed by atoms with Crippen LogP contribution in [0.25, 0.3) is 11.0 Å². The molecule has 3 fully saturated rings. The molecule has 5 rings (SSSR count). The molecule has 0 spiro atoms. The number of nitrogens with zero attached hydrogens (tertiary/aromatic N) is 2. The van der Waals surface area contributed by atoms with Crippen LogP contribution in [0.3, 0.4) is 0 Å². The lowest BCUT2D eigenvalue weighted by molar-refractivity contribution is -0.0520. The quantitative estimate of drug-likeness (QED) is 0.831. The monoisotopic (exact) mass is 414 g/mol. The maximum Gasteiger partial charge on any atom is 0.289 e. The number of fused-ring (bicyclic) bond motifs is 2. The second-order valence-corrected chi connectivity index (χ2v) is 8.90. The van der Waals surface area contributed by atoms with Crippen LogP contribution in [-0.4, -0.2) is 79.5 Å². The summed E-state index contributed by atoms with van der Waals surface area (Å²) in [5.74, 6) is 1.86. The molecule has 3 aliphatic rings. The van der Waals surface area contributed by atoms with Gasteiger partial charge in [-0.2, -0.15) is 0 Å². The third-order valence-electron chi connectivity index (χ3n) is 7.25. The molecular formula is C23H30N2O5. The number of morpholine rings is 1. The number of rotatable bonds is 3. The van der Waals surface area contributed by atoms with Crippen LogP contribution in [0.4, 0.5) is 0 Å². The molecule has 1 N–H and O–H groups in total. The molecule has 0 bridgehead atoms. The predicted molar refractivity (Wildman–Crippen MR) is 112 cm³/mol. The molecule has 2 aliphatic heterocycles. The molecule has 1 aromatic carbocycles. The van der Waals surface area contributed by atoms with Crippen molar-refractivity contribution in [1.29, 1.82) is 0 Å². The van der Waals surface area contributed by atoms with Crippen LogP contribution in [0.5, 0.6) is 5.75 Å². The van der Waals surface area contributed by atoms with E-state index in [1.807, 2.05) is 30.0 Å². The third-order valence-corrected chi connectivity index (χ3v) is 7.25. The van der Waals surface area contributed by atoms with Gasteiger partial charge in [-0.3, -0.25) is 9.69 Å². The number of aliphatic hydroxyl groups excluding tert-OH is 1. The number of hydrogen-bond acceptors (Lipinski definition) is 6. The summed E-state index contributed by atoms with van der Waals surface area (Å²) in [6, 6.07) is 5.82. The zero-order chi connectivity index (χ0) is 20.8. The summed E-state index contributed by atoms with van der Waals surface area (Å²) < 4.78 is 16.7. The van der Waals surface area contributed by atoms with Crippen LogP contribution >= 0.6 is 0 Å². The molecule has 1 aromatic heterocycles. The van der Waals surface area contributed by atoms with E-state index in [0.29, 0.717) is 35.5 Å². The third kappa shape index (κ3) is 3.39. The zero-order valence-electron chi connectivity index (χ0n) is 17.7. The molecule has 30 heavy (non-hydrogen) atoms. The number of carbonyl (C=O) groups is 1. The first-order valence-corrected chi connectivity index (χ1v) is 10.9. The highest BCUT2D eigenvalue weighted by Crippen LogP contribution is 2.39. The number of ether oxygens (including phenoxy) is 2. The lowest BCUT2D eigenvalue weighted by Gasteiger charge is -2.43. The van der Waals surface area contributed by atoms with Gasteiger partial charge in [-0.25, -0.2) is 0 Å². The Morgan fingerprint density at radius 1 is 1.17 bits per heavy atom. The van der Waals surface area contributed by atoms with Crippen LogP contribution in [0.1, 0.15) is 29.0 Å². The van der Waals surface area contributed by atoms with Gasteiger partial charge in [-0.1, -0.05) is 0 Å². The van der Waals surface area contributed by atoms with Gasteiger partial charge in [0, 0.05) is 49.2 Å². The van der Waals surface area contributed by atoms with Crippen molar-refractivity contribution in [2.75, 3.05) is 46.5 Å². The predicted octanol–water partition coefficient (Wildman–Crippen LogP) is 2.29. The van der Waals surface area contributed by atoms with Crippen molar-refractivity contribution in [2.45, 2.75) is 31.9 Å². The molecular weight excluding hydrogens is 384 g/mol. The summed E-state index contributed by atoms with van der Waals surface area (Å²) in [5, 5.41) is 11.7. The molecule has 1 amide bonds. The first-order valence-electron chi connectivity index (χ1n) is 10.9. The largest absolute Gasteiger partial charge is 0.497 e. The summed E-state index contributed by atoms with van der Waals surface area (Å²) in [4.78, 5) is 17.6. The van der Waals surface area contributed by atoms with E-state index in [-0.39, 0.29) is 18.1 Å².